The molecule has 3 rings (SSSR count). The van der Waals surface area contributed by atoms with E-state index in [2.05, 4.69) is 57.6 Å². The maximum absolute atomic E-state index is 12.5. The molecule has 0 unspecified atom stereocenters. The second-order valence-corrected chi connectivity index (χ2v) is 7.75. The number of H-pyrrole nitrogens is 1. The van der Waals surface area contributed by atoms with E-state index in [1.165, 1.54) is 0 Å². The van der Waals surface area contributed by atoms with Crippen molar-refractivity contribution in [2.75, 3.05) is 6.54 Å². The van der Waals surface area contributed by atoms with E-state index in [0.717, 1.165) is 46.8 Å². The van der Waals surface area contributed by atoms with Gasteiger partial charge in [0.2, 0.25) is 0 Å². The minimum Gasteiger partial charge on any atom is -0.310 e. The number of aromatic amines is 1. The van der Waals surface area contributed by atoms with Crippen LogP contribution in [0.3, 0.4) is 0 Å². The molecular weight excluding hydrogens is 356 g/mol. The molecule has 0 saturated heterocycles. The van der Waals surface area contributed by atoms with Crippen LogP contribution in [0.4, 0.5) is 0 Å². The summed E-state index contributed by atoms with van der Waals surface area (Å²) in [7, 11) is 0. The van der Waals surface area contributed by atoms with Crippen molar-refractivity contribution in [3.05, 3.63) is 55.9 Å². The lowest BCUT2D eigenvalue weighted by Gasteiger charge is -2.29. The van der Waals surface area contributed by atoms with Gasteiger partial charge in [-0.25, -0.2) is 9.97 Å². The van der Waals surface area contributed by atoms with E-state index in [-0.39, 0.29) is 11.0 Å². The number of halogens is 1. The fourth-order valence-corrected chi connectivity index (χ4v) is 3.13. The topological polar surface area (TPSA) is 61.9 Å². The molecule has 0 bridgehead atoms. The highest BCUT2D eigenvalue weighted by Crippen LogP contribution is 2.22. The van der Waals surface area contributed by atoms with Crippen LogP contribution in [-0.4, -0.2) is 26.4 Å². The van der Waals surface area contributed by atoms with Crippen molar-refractivity contribution in [3.63, 3.8) is 0 Å². The Bertz CT molecular complexity index is 779. The summed E-state index contributed by atoms with van der Waals surface area (Å²) in [5.41, 5.74) is 2.72. The number of hydrogen-bond donors (Lipinski definition) is 1. The van der Waals surface area contributed by atoms with E-state index in [1.807, 2.05) is 6.07 Å². The molecule has 1 N–H and O–H groups in total. The van der Waals surface area contributed by atoms with Crippen molar-refractivity contribution in [3.8, 4) is 0 Å². The minimum atomic E-state index is -0.147. The van der Waals surface area contributed by atoms with Crippen molar-refractivity contribution < 1.29 is 0 Å². The van der Waals surface area contributed by atoms with Crippen molar-refractivity contribution >= 4 is 15.9 Å². The van der Waals surface area contributed by atoms with Crippen LogP contribution in [0.2, 0.25) is 0 Å². The van der Waals surface area contributed by atoms with E-state index in [4.69, 9.17) is 4.98 Å². The zero-order chi connectivity index (χ0) is 16.6. The average molecular weight is 377 g/mol. The molecule has 23 heavy (non-hydrogen) atoms. The lowest BCUT2D eigenvalue weighted by Crippen LogP contribution is -2.37. The SMILES string of the molecule is CC(C)(C)c1nc2c(c(=O)[nH]1)CN(Cc1cccnc1Br)CC2. The van der Waals surface area contributed by atoms with Crippen LogP contribution in [0.5, 0.6) is 0 Å². The van der Waals surface area contributed by atoms with Crippen molar-refractivity contribution in [1.82, 2.24) is 19.9 Å². The lowest BCUT2D eigenvalue weighted by molar-refractivity contribution is 0.240. The first-order valence-corrected chi connectivity index (χ1v) is 8.58. The van der Waals surface area contributed by atoms with E-state index in [0.29, 0.717) is 6.54 Å². The summed E-state index contributed by atoms with van der Waals surface area (Å²) in [5.74, 6) is 0.768. The molecule has 0 atom stereocenters. The first-order chi connectivity index (χ1) is 10.8. The van der Waals surface area contributed by atoms with Gasteiger partial charge in [0, 0.05) is 37.7 Å². The number of rotatable bonds is 2. The Labute approximate surface area is 144 Å². The molecule has 6 heteroatoms. The molecule has 0 radical (unpaired) electrons. The quantitative estimate of drug-likeness (QED) is 0.818. The summed E-state index contributed by atoms with van der Waals surface area (Å²) in [6, 6.07) is 3.99. The molecule has 2 aromatic heterocycles. The summed E-state index contributed by atoms with van der Waals surface area (Å²) in [6.07, 6.45) is 2.57. The molecule has 5 nitrogen and oxygen atoms in total. The molecule has 3 heterocycles. The zero-order valence-electron chi connectivity index (χ0n) is 13.7. The normalized spacial score (nSPS) is 15.5. The second-order valence-electron chi connectivity index (χ2n) is 7.00. The highest BCUT2D eigenvalue weighted by Gasteiger charge is 2.25. The van der Waals surface area contributed by atoms with Crippen LogP contribution in [-0.2, 0) is 24.9 Å². The molecule has 1 aliphatic rings. The van der Waals surface area contributed by atoms with Crippen molar-refractivity contribution in [2.45, 2.75) is 45.7 Å². The Hall–Kier alpha value is -1.53. The first-order valence-electron chi connectivity index (χ1n) is 7.79. The first kappa shape index (κ1) is 16.3. The van der Waals surface area contributed by atoms with Gasteiger partial charge in [0.1, 0.15) is 10.4 Å². The van der Waals surface area contributed by atoms with E-state index in [1.54, 1.807) is 6.20 Å². The van der Waals surface area contributed by atoms with Gasteiger partial charge in [0.25, 0.3) is 5.56 Å². The van der Waals surface area contributed by atoms with Crippen LogP contribution in [0.25, 0.3) is 0 Å². The standard InChI is InChI=1S/C17H21BrN4O/c1-17(2,3)16-20-13-6-8-22(10-12(13)15(23)21-16)9-11-5-4-7-19-14(11)18/h4-5,7H,6,8-10H2,1-3H3,(H,20,21,23). The van der Waals surface area contributed by atoms with Gasteiger partial charge >= 0.3 is 0 Å². The Morgan fingerprint density at radius 1 is 1.39 bits per heavy atom. The number of hydrogen-bond acceptors (Lipinski definition) is 4. The molecule has 0 aliphatic carbocycles. The largest absolute Gasteiger partial charge is 0.310 e. The third-order valence-corrected chi connectivity index (χ3v) is 4.80. The maximum Gasteiger partial charge on any atom is 0.255 e. The molecular formula is C17H21BrN4O. The zero-order valence-corrected chi connectivity index (χ0v) is 15.3. The summed E-state index contributed by atoms with van der Waals surface area (Å²) in [6.45, 7) is 8.48. The van der Waals surface area contributed by atoms with E-state index in [9.17, 15) is 4.79 Å². The molecule has 0 fully saturated rings. The third kappa shape index (κ3) is 3.53. The second kappa shape index (κ2) is 6.17. The van der Waals surface area contributed by atoms with E-state index < -0.39 is 0 Å². The number of nitrogens with one attached hydrogen (secondary N) is 1. The monoisotopic (exact) mass is 376 g/mol. The Morgan fingerprint density at radius 3 is 2.87 bits per heavy atom. The number of pyridine rings is 1. The third-order valence-electron chi connectivity index (χ3n) is 4.09. The number of nitrogens with zero attached hydrogens (tertiary/aromatic N) is 3. The van der Waals surface area contributed by atoms with Gasteiger partial charge in [-0.2, -0.15) is 0 Å². The Kier molecular flexibility index (Phi) is 4.38. The Balaban J connectivity index is 1.84. The molecule has 0 amide bonds. The lowest BCUT2D eigenvalue weighted by atomic mass is 9.95. The molecule has 1 aliphatic heterocycles. The van der Waals surface area contributed by atoms with Gasteiger partial charge < -0.3 is 4.98 Å². The summed E-state index contributed by atoms with van der Waals surface area (Å²) < 4.78 is 0.862. The summed E-state index contributed by atoms with van der Waals surface area (Å²) >= 11 is 3.48. The van der Waals surface area contributed by atoms with Crippen molar-refractivity contribution in [1.29, 1.82) is 0 Å². The molecule has 0 spiro atoms. The summed E-state index contributed by atoms with van der Waals surface area (Å²) in [4.78, 5) is 26.6. The molecule has 122 valence electrons. The fraction of sp³-hybridized carbons (Fsp3) is 0.471. The summed E-state index contributed by atoms with van der Waals surface area (Å²) in [5, 5.41) is 0. The average Bonchev–Trinajstić information content (AvgIpc) is 2.49. The smallest absolute Gasteiger partial charge is 0.255 e. The van der Waals surface area contributed by atoms with Crippen LogP contribution in [0, 0.1) is 0 Å². The van der Waals surface area contributed by atoms with Gasteiger partial charge in [-0.15, -0.1) is 0 Å². The van der Waals surface area contributed by atoms with Crippen molar-refractivity contribution in [2.24, 2.45) is 0 Å². The predicted octanol–water partition coefficient (Wildman–Crippen LogP) is 2.78. The highest BCUT2D eigenvalue weighted by molar-refractivity contribution is 9.10. The number of fused-ring (bicyclic) bond motifs is 1. The highest BCUT2D eigenvalue weighted by atomic mass is 79.9. The minimum absolute atomic E-state index is 0.00474. The molecule has 2 aromatic rings. The van der Waals surface area contributed by atoms with Crippen LogP contribution >= 0.6 is 15.9 Å². The van der Waals surface area contributed by atoms with Crippen LogP contribution in [0.15, 0.2) is 27.7 Å². The van der Waals surface area contributed by atoms with E-state index >= 15 is 0 Å². The van der Waals surface area contributed by atoms with Gasteiger partial charge in [-0.3, -0.25) is 9.69 Å². The van der Waals surface area contributed by atoms with Gasteiger partial charge in [-0.1, -0.05) is 26.8 Å². The Morgan fingerprint density at radius 2 is 2.17 bits per heavy atom. The van der Waals surface area contributed by atoms with Gasteiger partial charge in [0.05, 0.1) is 11.3 Å². The van der Waals surface area contributed by atoms with Gasteiger partial charge in [0.15, 0.2) is 0 Å². The van der Waals surface area contributed by atoms with Crippen LogP contribution < -0.4 is 5.56 Å². The number of aromatic nitrogens is 3. The van der Waals surface area contributed by atoms with Gasteiger partial charge in [-0.05, 0) is 27.6 Å². The maximum atomic E-state index is 12.5. The fourth-order valence-electron chi connectivity index (χ4n) is 2.75. The molecule has 0 saturated carbocycles. The predicted molar refractivity (Wildman–Crippen MR) is 93.3 cm³/mol. The van der Waals surface area contributed by atoms with Crippen LogP contribution in [0.1, 0.15) is 43.4 Å². The molecule has 0 aromatic carbocycles.